The molecule has 0 saturated carbocycles. The van der Waals surface area contributed by atoms with E-state index in [0.717, 1.165) is 0 Å². The van der Waals surface area contributed by atoms with E-state index in [1.807, 2.05) is 0 Å². The van der Waals surface area contributed by atoms with Crippen molar-refractivity contribution >= 4 is 9.84 Å². The Morgan fingerprint density at radius 2 is 2.22 bits per heavy atom. The summed E-state index contributed by atoms with van der Waals surface area (Å²) in [5.74, 6) is -0.785. The maximum absolute atomic E-state index is 13.1. The van der Waals surface area contributed by atoms with E-state index in [0.29, 0.717) is 24.9 Å². The zero-order valence-corrected chi connectivity index (χ0v) is 10.7. The molecule has 0 aromatic heterocycles. The first-order valence-corrected chi connectivity index (χ1v) is 7.61. The van der Waals surface area contributed by atoms with Gasteiger partial charge in [0.1, 0.15) is 0 Å². The number of para-hydroxylation sites is 1. The van der Waals surface area contributed by atoms with Gasteiger partial charge in [-0.25, -0.2) is 12.8 Å². The van der Waals surface area contributed by atoms with Gasteiger partial charge in [-0.05, 0) is 18.9 Å². The summed E-state index contributed by atoms with van der Waals surface area (Å²) in [6.45, 7) is 0.605. The molecule has 18 heavy (non-hydrogen) atoms. The highest BCUT2D eigenvalue weighted by atomic mass is 32.2. The number of benzene rings is 1. The molecule has 0 radical (unpaired) electrons. The van der Waals surface area contributed by atoms with Crippen LogP contribution in [-0.2, 0) is 16.4 Å². The lowest BCUT2D eigenvalue weighted by Gasteiger charge is -2.11. The number of nitrogens with one attached hydrogen (secondary N) is 1. The highest BCUT2D eigenvalue weighted by molar-refractivity contribution is 7.92. The Labute approximate surface area is 106 Å². The molecule has 1 aromatic rings. The van der Waals surface area contributed by atoms with Crippen LogP contribution in [0.4, 0.5) is 4.39 Å². The topological polar surface area (TPSA) is 66.4 Å². The van der Waals surface area contributed by atoms with Crippen molar-refractivity contribution < 1.29 is 17.9 Å². The Kier molecular flexibility index (Phi) is 3.87. The molecular formula is C12H16FNO3S. The summed E-state index contributed by atoms with van der Waals surface area (Å²) in [5, 5.41) is 12.1. The molecule has 0 spiro atoms. The summed E-state index contributed by atoms with van der Waals surface area (Å²) in [7, 11) is -2.96. The van der Waals surface area contributed by atoms with E-state index in [9.17, 15) is 17.9 Å². The lowest BCUT2D eigenvalue weighted by Crippen LogP contribution is -2.30. The van der Waals surface area contributed by atoms with Crippen LogP contribution in [0.1, 0.15) is 18.4 Å². The Hall–Kier alpha value is -1.14. The molecule has 1 saturated heterocycles. The quantitative estimate of drug-likeness (QED) is 0.865. The first-order valence-electron chi connectivity index (χ1n) is 5.89. The first-order chi connectivity index (χ1) is 8.50. The molecule has 2 rings (SSSR count). The van der Waals surface area contributed by atoms with Crippen LogP contribution in [0.25, 0.3) is 0 Å². The molecule has 0 bridgehead atoms. The lowest BCUT2D eigenvalue weighted by atomic mass is 10.2. The lowest BCUT2D eigenvalue weighted by molar-refractivity contribution is 0.423. The first kappa shape index (κ1) is 13.3. The summed E-state index contributed by atoms with van der Waals surface area (Å²) in [4.78, 5) is 0. The molecular weight excluding hydrogens is 257 g/mol. The Morgan fingerprint density at radius 3 is 2.89 bits per heavy atom. The van der Waals surface area contributed by atoms with Crippen molar-refractivity contribution in [2.75, 3.05) is 12.3 Å². The molecule has 1 aliphatic rings. The van der Waals surface area contributed by atoms with E-state index >= 15 is 0 Å². The van der Waals surface area contributed by atoms with Crippen LogP contribution < -0.4 is 5.32 Å². The normalized spacial score (nSPS) is 22.2. The minimum atomic E-state index is -2.96. The van der Waals surface area contributed by atoms with Gasteiger partial charge in [0.15, 0.2) is 21.4 Å². The Morgan fingerprint density at radius 1 is 1.44 bits per heavy atom. The number of sulfone groups is 1. The van der Waals surface area contributed by atoms with Gasteiger partial charge in [0.2, 0.25) is 0 Å². The van der Waals surface area contributed by atoms with Gasteiger partial charge in [-0.15, -0.1) is 0 Å². The maximum atomic E-state index is 13.1. The van der Waals surface area contributed by atoms with Crippen LogP contribution >= 0.6 is 0 Å². The average Bonchev–Trinajstić information content (AvgIpc) is 2.64. The molecule has 1 atom stereocenters. The summed E-state index contributed by atoms with van der Waals surface area (Å²) < 4.78 is 36.2. The third-order valence-electron chi connectivity index (χ3n) is 3.22. The molecule has 1 unspecified atom stereocenters. The van der Waals surface area contributed by atoms with Gasteiger partial charge in [-0.3, -0.25) is 0 Å². The number of rotatable bonds is 4. The number of hydrogen-bond donors (Lipinski definition) is 2. The fraction of sp³-hybridized carbons (Fsp3) is 0.500. The summed E-state index contributed by atoms with van der Waals surface area (Å²) >= 11 is 0. The van der Waals surface area contributed by atoms with Crippen molar-refractivity contribution in [3.05, 3.63) is 29.6 Å². The van der Waals surface area contributed by atoms with Gasteiger partial charge in [0.25, 0.3) is 0 Å². The summed E-state index contributed by atoms with van der Waals surface area (Å²) in [6.07, 6.45) is 1.38. The van der Waals surface area contributed by atoms with E-state index in [1.54, 1.807) is 6.07 Å². The van der Waals surface area contributed by atoms with Gasteiger partial charge in [-0.2, -0.15) is 0 Å². The van der Waals surface area contributed by atoms with E-state index in [1.165, 1.54) is 12.1 Å². The minimum Gasteiger partial charge on any atom is -0.505 e. The van der Waals surface area contributed by atoms with Gasteiger partial charge < -0.3 is 10.4 Å². The van der Waals surface area contributed by atoms with Crippen LogP contribution in [0.5, 0.6) is 5.75 Å². The molecule has 4 nitrogen and oxygen atoms in total. The molecule has 100 valence electrons. The van der Waals surface area contributed by atoms with Crippen LogP contribution in [-0.4, -0.2) is 31.1 Å². The van der Waals surface area contributed by atoms with Gasteiger partial charge in [0.05, 0.1) is 11.0 Å². The molecule has 6 heteroatoms. The molecule has 1 aromatic carbocycles. The zero-order valence-electron chi connectivity index (χ0n) is 9.89. The van der Waals surface area contributed by atoms with Crippen LogP contribution in [0, 0.1) is 5.82 Å². The number of halogens is 1. The van der Waals surface area contributed by atoms with E-state index < -0.39 is 15.7 Å². The molecule has 0 aliphatic carbocycles. The second-order valence-electron chi connectivity index (χ2n) is 4.51. The maximum Gasteiger partial charge on any atom is 0.165 e. The average molecular weight is 273 g/mol. The second kappa shape index (κ2) is 5.24. The Balaban J connectivity index is 1.91. The molecule has 1 fully saturated rings. The SMILES string of the molecule is O=S1(=O)CCCC1CNCc1cccc(F)c1O. The van der Waals surface area contributed by atoms with Gasteiger partial charge >= 0.3 is 0 Å². The monoisotopic (exact) mass is 273 g/mol. The summed E-state index contributed by atoms with van der Waals surface area (Å²) in [5.41, 5.74) is 0.436. The van der Waals surface area contributed by atoms with Gasteiger partial charge in [-0.1, -0.05) is 12.1 Å². The highest BCUT2D eigenvalue weighted by Crippen LogP contribution is 2.21. The smallest absolute Gasteiger partial charge is 0.165 e. The van der Waals surface area contributed by atoms with Crippen LogP contribution in [0.3, 0.4) is 0 Å². The van der Waals surface area contributed by atoms with Crippen molar-refractivity contribution in [2.24, 2.45) is 0 Å². The highest BCUT2D eigenvalue weighted by Gasteiger charge is 2.30. The fourth-order valence-electron chi connectivity index (χ4n) is 2.16. The Bertz CT molecular complexity index is 530. The predicted molar refractivity (Wildman–Crippen MR) is 66.6 cm³/mol. The van der Waals surface area contributed by atoms with E-state index in [-0.39, 0.29) is 23.3 Å². The zero-order chi connectivity index (χ0) is 13.2. The second-order valence-corrected chi connectivity index (χ2v) is 6.91. The van der Waals surface area contributed by atoms with Crippen molar-refractivity contribution in [3.63, 3.8) is 0 Å². The van der Waals surface area contributed by atoms with Crippen molar-refractivity contribution in [1.82, 2.24) is 5.32 Å². The molecule has 0 amide bonds. The van der Waals surface area contributed by atoms with E-state index in [2.05, 4.69) is 5.32 Å². The molecule has 2 N–H and O–H groups in total. The minimum absolute atomic E-state index is 0.255. The molecule has 1 aliphatic heterocycles. The van der Waals surface area contributed by atoms with E-state index in [4.69, 9.17) is 0 Å². The number of hydrogen-bond acceptors (Lipinski definition) is 4. The predicted octanol–water partition coefficient (Wildman–Crippen LogP) is 1.20. The third kappa shape index (κ3) is 2.81. The molecule has 1 heterocycles. The van der Waals surface area contributed by atoms with Crippen LogP contribution in [0.2, 0.25) is 0 Å². The number of phenolic OH excluding ortho intramolecular Hbond substituents is 1. The van der Waals surface area contributed by atoms with Gasteiger partial charge in [0, 0.05) is 18.7 Å². The van der Waals surface area contributed by atoms with Crippen molar-refractivity contribution in [3.8, 4) is 5.75 Å². The largest absolute Gasteiger partial charge is 0.505 e. The van der Waals surface area contributed by atoms with Crippen molar-refractivity contribution in [1.29, 1.82) is 0 Å². The van der Waals surface area contributed by atoms with Crippen LogP contribution in [0.15, 0.2) is 18.2 Å². The summed E-state index contributed by atoms with van der Waals surface area (Å²) in [6, 6.07) is 4.30. The number of aromatic hydroxyl groups is 1. The third-order valence-corrected chi connectivity index (χ3v) is 5.50. The van der Waals surface area contributed by atoms with Crippen molar-refractivity contribution in [2.45, 2.75) is 24.6 Å². The fourth-order valence-corrected chi connectivity index (χ4v) is 3.96. The number of phenols is 1. The standard InChI is InChI=1S/C12H16FNO3S/c13-11-5-1-3-9(12(11)15)7-14-8-10-4-2-6-18(10,16)17/h1,3,5,10,14-15H,2,4,6-8H2.